The first-order valence-electron chi connectivity index (χ1n) is 8.57. The number of aromatic nitrogens is 4. The van der Waals surface area contributed by atoms with E-state index in [4.69, 9.17) is 4.52 Å². The van der Waals surface area contributed by atoms with Crippen molar-refractivity contribution in [3.8, 4) is 11.3 Å². The number of carbonyl (C=O) groups is 1. The van der Waals surface area contributed by atoms with E-state index in [0.717, 1.165) is 24.8 Å². The Morgan fingerprint density at radius 1 is 1.31 bits per heavy atom. The quantitative estimate of drug-likeness (QED) is 0.726. The summed E-state index contributed by atoms with van der Waals surface area (Å²) in [6.45, 7) is -0.0955. The van der Waals surface area contributed by atoms with Gasteiger partial charge >= 0.3 is 0 Å². The second-order valence-electron chi connectivity index (χ2n) is 6.41. The highest BCUT2D eigenvalue weighted by atomic mass is 16.5. The van der Waals surface area contributed by atoms with Crippen LogP contribution >= 0.6 is 0 Å². The van der Waals surface area contributed by atoms with Crippen molar-refractivity contribution in [3.05, 3.63) is 54.0 Å². The first kappa shape index (κ1) is 16.5. The van der Waals surface area contributed by atoms with Crippen LogP contribution in [0.2, 0.25) is 0 Å². The molecular formula is C18H19N5O3. The van der Waals surface area contributed by atoms with Crippen LogP contribution in [0.5, 0.6) is 0 Å². The molecule has 2 N–H and O–H groups in total. The van der Waals surface area contributed by atoms with Crippen LogP contribution in [0.4, 0.5) is 0 Å². The van der Waals surface area contributed by atoms with Crippen molar-refractivity contribution in [2.24, 2.45) is 0 Å². The van der Waals surface area contributed by atoms with Crippen LogP contribution in [-0.2, 0) is 6.61 Å². The zero-order valence-electron chi connectivity index (χ0n) is 14.1. The highest BCUT2D eigenvalue weighted by Gasteiger charge is 2.29. The van der Waals surface area contributed by atoms with E-state index in [1.54, 1.807) is 16.9 Å². The molecular weight excluding hydrogens is 334 g/mol. The molecule has 1 aliphatic rings. The van der Waals surface area contributed by atoms with Gasteiger partial charge in [-0.15, -0.1) is 5.10 Å². The molecule has 3 aromatic rings. The Hall–Kier alpha value is -3.00. The molecule has 0 radical (unpaired) electrons. The summed E-state index contributed by atoms with van der Waals surface area (Å²) >= 11 is 0. The van der Waals surface area contributed by atoms with Crippen LogP contribution in [0, 0.1) is 0 Å². The third-order valence-electron chi connectivity index (χ3n) is 4.70. The molecule has 1 aliphatic carbocycles. The second kappa shape index (κ2) is 7.09. The Labute approximate surface area is 149 Å². The summed E-state index contributed by atoms with van der Waals surface area (Å²) < 4.78 is 7.03. The van der Waals surface area contributed by atoms with Crippen molar-refractivity contribution in [1.29, 1.82) is 0 Å². The molecule has 0 spiro atoms. The molecule has 0 aliphatic heterocycles. The molecule has 26 heavy (non-hydrogen) atoms. The van der Waals surface area contributed by atoms with Gasteiger partial charge in [0.2, 0.25) is 0 Å². The lowest BCUT2D eigenvalue weighted by Gasteiger charge is -2.14. The number of aliphatic hydroxyl groups is 1. The van der Waals surface area contributed by atoms with Crippen molar-refractivity contribution in [2.75, 3.05) is 0 Å². The van der Waals surface area contributed by atoms with Crippen LogP contribution in [0.3, 0.4) is 0 Å². The fraction of sp³-hybridized carbons (Fsp3) is 0.333. The number of nitrogens with one attached hydrogen (secondary N) is 1. The summed E-state index contributed by atoms with van der Waals surface area (Å²) in [5.74, 6) is 0.317. The van der Waals surface area contributed by atoms with E-state index in [1.165, 1.54) is 0 Å². The minimum atomic E-state index is -0.248. The van der Waals surface area contributed by atoms with Gasteiger partial charge in [-0.1, -0.05) is 40.7 Å². The molecule has 1 aromatic carbocycles. The third kappa shape index (κ3) is 3.23. The minimum Gasteiger partial charge on any atom is -0.390 e. The van der Waals surface area contributed by atoms with Gasteiger partial charge in [0.25, 0.3) is 5.91 Å². The maximum Gasteiger partial charge on any atom is 0.273 e. The summed E-state index contributed by atoms with van der Waals surface area (Å²) in [5.41, 5.74) is 1.83. The van der Waals surface area contributed by atoms with Gasteiger partial charge in [-0.25, -0.2) is 4.68 Å². The molecule has 2 atom stereocenters. The number of carbonyl (C=O) groups excluding carboxylic acids is 1. The predicted molar refractivity (Wildman–Crippen MR) is 92.0 cm³/mol. The Morgan fingerprint density at radius 3 is 2.96 bits per heavy atom. The van der Waals surface area contributed by atoms with Crippen molar-refractivity contribution < 1.29 is 14.4 Å². The Morgan fingerprint density at radius 2 is 2.15 bits per heavy atom. The monoisotopic (exact) mass is 353 g/mol. The van der Waals surface area contributed by atoms with Crippen molar-refractivity contribution >= 4 is 5.91 Å². The van der Waals surface area contributed by atoms with Gasteiger partial charge in [0.05, 0.1) is 24.5 Å². The van der Waals surface area contributed by atoms with Gasteiger partial charge in [-0.3, -0.25) is 4.79 Å². The molecule has 8 nitrogen and oxygen atoms in total. The van der Waals surface area contributed by atoms with E-state index in [1.807, 2.05) is 30.3 Å². The summed E-state index contributed by atoms with van der Waals surface area (Å²) in [7, 11) is 0. The molecule has 1 fully saturated rings. The number of aliphatic hydroxyl groups excluding tert-OH is 1. The maximum absolute atomic E-state index is 12.5. The maximum atomic E-state index is 12.5. The normalized spacial score (nSPS) is 19.6. The smallest absolute Gasteiger partial charge is 0.273 e. The minimum absolute atomic E-state index is 0.0279. The Kier molecular flexibility index (Phi) is 4.49. The van der Waals surface area contributed by atoms with E-state index in [9.17, 15) is 9.90 Å². The van der Waals surface area contributed by atoms with Gasteiger partial charge < -0.3 is 14.9 Å². The molecule has 2 aromatic heterocycles. The predicted octanol–water partition coefficient (Wildman–Crippen LogP) is 1.95. The zero-order valence-corrected chi connectivity index (χ0v) is 14.1. The molecule has 0 saturated heterocycles. The molecule has 1 saturated carbocycles. The Balaban J connectivity index is 1.39. The van der Waals surface area contributed by atoms with Gasteiger partial charge in [0.1, 0.15) is 0 Å². The van der Waals surface area contributed by atoms with E-state index in [0.29, 0.717) is 11.5 Å². The van der Waals surface area contributed by atoms with Crippen LogP contribution in [0.1, 0.15) is 41.5 Å². The first-order valence-corrected chi connectivity index (χ1v) is 8.57. The fourth-order valence-corrected chi connectivity index (χ4v) is 3.38. The van der Waals surface area contributed by atoms with Crippen LogP contribution in [0.25, 0.3) is 11.3 Å². The summed E-state index contributed by atoms with van der Waals surface area (Å²) in [5, 5.41) is 24.1. The van der Waals surface area contributed by atoms with E-state index >= 15 is 0 Å². The Bertz CT molecular complexity index is 889. The standard InChI is InChI=1S/C18H19N5O3/c24-11-15-10-19-22-23(15)14-7-6-13(8-14)20-18(25)16-9-17(26-21-16)12-4-2-1-3-5-12/h1-5,9-10,13-14,24H,6-8,11H2,(H,20,25). The summed E-state index contributed by atoms with van der Waals surface area (Å²) in [6.07, 6.45) is 4.01. The highest BCUT2D eigenvalue weighted by Crippen LogP contribution is 2.30. The average molecular weight is 353 g/mol. The van der Waals surface area contributed by atoms with Crippen molar-refractivity contribution in [1.82, 2.24) is 25.5 Å². The summed E-state index contributed by atoms with van der Waals surface area (Å²) in [4.78, 5) is 12.5. The SMILES string of the molecule is O=C(NC1CCC(n2nncc2CO)C1)c1cc(-c2ccccc2)on1. The van der Waals surface area contributed by atoms with Crippen LogP contribution in [-0.4, -0.2) is 37.2 Å². The van der Waals surface area contributed by atoms with E-state index < -0.39 is 0 Å². The lowest BCUT2D eigenvalue weighted by Crippen LogP contribution is -2.33. The third-order valence-corrected chi connectivity index (χ3v) is 4.70. The van der Waals surface area contributed by atoms with E-state index in [-0.39, 0.29) is 30.3 Å². The van der Waals surface area contributed by atoms with Crippen molar-refractivity contribution in [2.45, 2.75) is 38.0 Å². The van der Waals surface area contributed by atoms with Gasteiger partial charge in [0, 0.05) is 17.7 Å². The van der Waals surface area contributed by atoms with Crippen LogP contribution < -0.4 is 5.32 Å². The molecule has 2 unspecified atom stereocenters. The largest absolute Gasteiger partial charge is 0.390 e. The lowest BCUT2D eigenvalue weighted by molar-refractivity contribution is 0.0928. The molecule has 0 bridgehead atoms. The number of hydrogen-bond donors (Lipinski definition) is 2. The highest BCUT2D eigenvalue weighted by molar-refractivity contribution is 5.93. The molecule has 1 amide bonds. The van der Waals surface area contributed by atoms with Gasteiger partial charge in [0.15, 0.2) is 11.5 Å². The fourth-order valence-electron chi connectivity index (χ4n) is 3.38. The van der Waals surface area contributed by atoms with Crippen LogP contribution in [0.15, 0.2) is 47.1 Å². The molecule has 134 valence electrons. The molecule has 8 heteroatoms. The summed E-state index contributed by atoms with van der Waals surface area (Å²) in [6, 6.07) is 11.3. The zero-order chi connectivity index (χ0) is 17.9. The second-order valence-corrected chi connectivity index (χ2v) is 6.41. The number of rotatable bonds is 5. The first-order chi connectivity index (χ1) is 12.7. The molecule has 2 heterocycles. The topological polar surface area (TPSA) is 106 Å². The number of benzene rings is 1. The lowest BCUT2D eigenvalue weighted by atomic mass is 10.1. The molecule has 4 rings (SSSR count). The number of amides is 1. The van der Waals surface area contributed by atoms with E-state index in [2.05, 4.69) is 20.8 Å². The van der Waals surface area contributed by atoms with Crippen molar-refractivity contribution in [3.63, 3.8) is 0 Å². The van der Waals surface area contributed by atoms with Gasteiger partial charge in [-0.05, 0) is 19.3 Å². The average Bonchev–Trinajstić information content (AvgIpc) is 3.42. The number of hydrogen-bond acceptors (Lipinski definition) is 6. The van der Waals surface area contributed by atoms with Gasteiger partial charge in [-0.2, -0.15) is 0 Å². The number of nitrogens with zero attached hydrogens (tertiary/aromatic N) is 4.